The van der Waals surface area contributed by atoms with Crippen LogP contribution in [0.15, 0.2) is 65.6 Å². The van der Waals surface area contributed by atoms with Gasteiger partial charge in [-0.1, -0.05) is 64.6 Å². The van der Waals surface area contributed by atoms with Crippen molar-refractivity contribution in [3.05, 3.63) is 92.4 Å². The second kappa shape index (κ2) is 13.3. The molecule has 3 aromatic rings. The van der Waals surface area contributed by atoms with E-state index in [0.717, 1.165) is 9.87 Å². The van der Waals surface area contributed by atoms with Crippen molar-refractivity contribution >= 4 is 62.3 Å². The first-order chi connectivity index (χ1) is 18.7. The molecule has 3 rings (SSSR count). The number of carbonyl (C=O) groups is 2. The minimum absolute atomic E-state index is 0.0168. The van der Waals surface area contributed by atoms with Crippen LogP contribution in [0.5, 0.6) is 0 Å². The summed E-state index contributed by atoms with van der Waals surface area (Å²) in [4.78, 5) is 28.4. The number of carbonyl (C=O) groups excluding carboxylic acids is 2. The van der Waals surface area contributed by atoms with Gasteiger partial charge in [-0.15, -0.1) is 0 Å². The molecule has 0 aliphatic heterocycles. The van der Waals surface area contributed by atoms with Crippen LogP contribution in [0.2, 0.25) is 15.1 Å². The predicted octanol–water partition coefficient (Wildman–Crippen LogP) is 6.40. The summed E-state index contributed by atoms with van der Waals surface area (Å²) in [6.07, 6.45) is 0. The Labute approximate surface area is 251 Å². The number of sulfonamides is 1. The highest BCUT2D eigenvalue weighted by Crippen LogP contribution is 2.30. The third-order valence-corrected chi connectivity index (χ3v) is 8.88. The Morgan fingerprint density at radius 2 is 1.48 bits per heavy atom. The number of nitrogens with zero attached hydrogens (tertiary/aromatic N) is 2. The molecule has 0 spiro atoms. The van der Waals surface area contributed by atoms with Crippen molar-refractivity contribution in [1.82, 2.24) is 10.2 Å². The standard InChI is InChI=1S/C29H32Cl3N3O4S/c1-18(2)33-29(37)21(5)34(16-22-9-11-23(30)14-26(22)32)28(36)17-35(27-15-24(31)10-8-20(27)4)40(38,39)25-12-6-19(3)7-13-25/h6-15,18,21H,16-17H2,1-5H3,(H,33,37)/t21-/m1/s1. The molecular formula is C29H32Cl3N3O4S. The molecule has 0 fully saturated rings. The molecule has 0 aliphatic rings. The highest BCUT2D eigenvalue weighted by molar-refractivity contribution is 7.92. The van der Waals surface area contributed by atoms with Crippen LogP contribution in [0.3, 0.4) is 0 Å². The third kappa shape index (κ3) is 7.69. The van der Waals surface area contributed by atoms with E-state index in [4.69, 9.17) is 34.8 Å². The van der Waals surface area contributed by atoms with Crippen LogP contribution in [-0.2, 0) is 26.2 Å². The van der Waals surface area contributed by atoms with E-state index in [2.05, 4.69) is 5.32 Å². The van der Waals surface area contributed by atoms with E-state index in [1.807, 2.05) is 20.8 Å². The maximum atomic E-state index is 14.0. The Kier molecular flexibility index (Phi) is 10.5. The number of halogens is 3. The fourth-order valence-corrected chi connectivity index (χ4v) is 6.13. The van der Waals surface area contributed by atoms with Crippen molar-refractivity contribution in [3.63, 3.8) is 0 Å². The van der Waals surface area contributed by atoms with Crippen LogP contribution in [-0.4, -0.2) is 43.8 Å². The van der Waals surface area contributed by atoms with Crippen molar-refractivity contribution in [3.8, 4) is 0 Å². The molecule has 0 aliphatic carbocycles. The Balaban J connectivity index is 2.10. The molecule has 1 atom stereocenters. The zero-order valence-corrected chi connectivity index (χ0v) is 26.0. The highest BCUT2D eigenvalue weighted by atomic mass is 35.5. The summed E-state index contributed by atoms with van der Waals surface area (Å²) >= 11 is 18.7. The van der Waals surface area contributed by atoms with Gasteiger partial charge in [-0.3, -0.25) is 13.9 Å². The van der Waals surface area contributed by atoms with E-state index < -0.39 is 28.5 Å². The molecule has 0 saturated carbocycles. The van der Waals surface area contributed by atoms with Crippen LogP contribution in [0.4, 0.5) is 5.69 Å². The summed E-state index contributed by atoms with van der Waals surface area (Å²) in [5.41, 5.74) is 2.29. The number of nitrogens with one attached hydrogen (secondary N) is 1. The average Bonchev–Trinajstić information content (AvgIpc) is 2.87. The summed E-state index contributed by atoms with van der Waals surface area (Å²) in [5, 5.41) is 3.86. The summed E-state index contributed by atoms with van der Waals surface area (Å²) in [5.74, 6) is -0.993. The summed E-state index contributed by atoms with van der Waals surface area (Å²) in [6.45, 7) is 8.16. The van der Waals surface area contributed by atoms with Crippen LogP contribution < -0.4 is 9.62 Å². The summed E-state index contributed by atoms with van der Waals surface area (Å²) < 4.78 is 29.0. The van der Waals surface area contributed by atoms with E-state index >= 15 is 0 Å². The molecule has 7 nitrogen and oxygen atoms in total. The van der Waals surface area contributed by atoms with Crippen molar-refractivity contribution in [2.24, 2.45) is 0 Å². The SMILES string of the molecule is Cc1ccc(S(=O)(=O)N(CC(=O)N(Cc2ccc(Cl)cc2Cl)[C@H](C)C(=O)NC(C)C)c2cc(Cl)ccc2C)cc1. The Hall–Kier alpha value is -2.78. The molecule has 3 aromatic carbocycles. The third-order valence-electron chi connectivity index (χ3n) is 6.28. The second-order valence-electron chi connectivity index (χ2n) is 9.85. The Morgan fingerprint density at radius 1 is 0.875 bits per heavy atom. The zero-order chi connectivity index (χ0) is 29.8. The van der Waals surface area contributed by atoms with Gasteiger partial charge in [0.25, 0.3) is 10.0 Å². The topological polar surface area (TPSA) is 86.8 Å². The molecule has 0 unspecified atom stereocenters. The molecule has 2 amide bonds. The van der Waals surface area contributed by atoms with Gasteiger partial charge < -0.3 is 10.2 Å². The molecular weight excluding hydrogens is 593 g/mol. The fourth-order valence-electron chi connectivity index (χ4n) is 4.02. The van der Waals surface area contributed by atoms with Gasteiger partial charge >= 0.3 is 0 Å². The van der Waals surface area contributed by atoms with Crippen LogP contribution in [0, 0.1) is 13.8 Å². The number of hydrogen-bond donors (Lipinski definition) is 1. The highest BCUT2D eigenvalue weighted by Gasteiger charge is 2.33. The molecule has 11 heteroatoms. The van der Waals surface area contributed by atoms with Crippen molar-refractivity contribution in [2.45, 2.75) is 58.1 Å². The lowest BCUT2D eigenvalue weighted by Gasteiger charge is -2.33. The lowest BCUT2D eigenvalue weighted by molar-refractivity contribution is -0.139. The van der Waals surface area contributed by atoms with Gasteiger partial charge in [0, 0.05) is 27.7 Å². The monoisotopic (exact) mass is 623 g/mol. The molecule has 0 saturated heterocycles. The average molecular weight is 625 g/mol. The van der Waals surface area contributed by atoms with Gasteiger partial charge in [0.2, 0.25) is 11.8 Å². The lowest BCUT2D eigenvalue weighted by Crippen LogP contribution is -2.52. The van der Waals surface area contributed by atoms with E-state index in [-0.39, 0.29) is 29.1 Å². The number of hydrogen-bond acceptors (Lipinski definition) is 4. The van der Waals surface area contributed by atoms with Crippen molar-refractivity contribution in [2.75, 3.05) is 10.8 Å². The molecule has 0 radical (unpaired) electrons. The molecule has 0 aromatic heterocycles. The van der Waals surface area contributed by atoms with Gasteiger partial charge in [-0.25, -0.2) is 8.42 Å². The minimum atomic E-state index is -4.21. The largest absolute Gasteiger partial charge is 0.352 e. The van der Waals surface area contributed by atoms with Gasteiger partial charge in [-0.2, -0.15) is 0 Å². The maximum Gasteiger partial charge on any atom is 0.264 e. The van der Waals surface area contributed by atoms with Crippen LogP contribution in [0.1, 0.15) is 37.5 Å². The first-order valence-corrected chi connectivity index (χ1v) is 15.2. The number of anilines is 1. The van der Waals surface area contributed by atoms with Gasteiger partial charge in [0.05, 0.1) is 10.6 Å². The number of rotatable bonds is 10. The Bertz CT molecular complexity index is 1490. The minimum Gasteiger partial charge on any atom is -0.352 e. The first-order valence-electron chi connectivity index (χ1n) is 12.6. The molecule has 0 heterocycles. The van der Waals surface area contributed by atoms with Gasteiger partial charge in [0.15, 0.2) is 0 Å². The number of benzene rings is 3. The predicted molar refractivity (Wildman–Crippen MR) is 162 cm³/mol. The molecule has 40 heavy (non-hydrogen) atoms. The fraction of sp³-hybridized carbons (Fsp3) is 0.310. The van der Waals surface area contributed by atoms with Crippen LogP contribution in [0.25, 0.3) is 0 Å². The van der Waals surface area contributed by atoms with Crippen LogP contribution >= 0.6 is 34.8 Å². The van der Waals surface area contributed by atoms with Crippen molar-refractivity contribution < 1.29 is 18.0 Å². The zero-order valence-electron chi connectivity index (χ0n) is 22.9. The summed E-state index contributed by atoms with van der Waals surface area (Å²) in [7, 11) is -4.21. The van der Waals surface area contributed by atoms with E-state index in [1.165, 1.54) is 23.1 Å². The van der Waals surface area contributed by atoms with Gasteiger partial charge in [-0.05, 0) is 82.1 Å². The van der Waals surface area contributed by atoms with E-state index in [9.17, 15) is 18.0 Å². The van der Waals surface area contributed by atoms with E-state index in [1.54, 1.807) is 56.3 Å². The van der Waals surface area contributed by atoms with Gasteiger partial charge in [0.1, 0.15) is 12.6 Å². The normalized spacial score (nSPS) is 12.2. The van der Waals surface area contributed by atoms with Crippen molar-refractivity contribution in [1.29, 1.82) is 0 Å². The first kappa shape index (κ1) is 31.7. The maximum absolute atomic E-state index is 14.0. The summed E-state index contributed by atoms with van der Waals surface area (Å²) in [6, 6.07) is 14.9. The number of amides is 2. The lowest BCUT2D eigenvalue weighted by atomic mass is 10.1. The molecule has 0 bridgehead atoms. The molecule has 214 valence electrons. The second-order valence-corrected chi connectivity index (χ2v) is 13.0. The smallest absolute Gasteiger partial charge is 0.264 e. The Morgan fingerprint density at radius 3 is 2.08 bits per heavy atom. The molecule has 1 N–H and O–H groups in total. The number of aryl methyl sites for hydroxylation is 2. The van der Waals surface area contributed by atoms with E-state index in [0.29, 0.717) is 26.2 Å². The quantitative estimate of drug-likeness (QED) is 0.283.